The molecule has 6 nitrogen and oxygen atoms in total. The minimum Gasteiger partial charge on any atom is -0.357 e. The average Bonchev–Trinajstić information content (AvgIpc) is 2.46. The molecule has 0 spiro atoms. The lowest BCUT2D eigenvalue weighted by molar-refractivity contribution is 0.695. The number of anilines is 3. The minimum atomic E-state index is 0.580. The molecular weight excluding hydrogens is 272 g/mol. The number of aromatic nitrogens is 3. The molecule has 1 rings (SSSR count). The van der Waals surface area contributed by atoms with E-state index in [9.17, 15) is 0 Å². The predicted octanol–water partition coefficient (Wildman–Crippen LogP) is 2.17. The third-order valence-corrected chi connectivity index (χ3v) is 3.86. The van der Waals surface area contributed by atoms with Gasteiger partial charge in [0.2, 0.25) is 17.8 Å². The Hall–Kier alpha value is -1.24. The minimum absolute atomic E-state index is 0.580. The third-order valence-electron chi connectivity index (χ3n) is 2.95. The van der Waals surface area contributed by atoms with Crippen LogP contribution in [0.15, 0.2) is 0 Å². The van der Waals surface area contributed by atoms with E-state index in [4.69, 9.17) is 0 Å². The van der Waals surface area contributed by atoms with Gasteiger partial charge in [-0.2, -0.15) is 26.7 Å². The van der Waals surface area contributed by atoms with E-state index in [0.29, 0.717) is 17.8 Å². The summed E-state index contributed by atoms with van der Waals surface area (Å²) < 4.78 is 0. The third kappa shape index (κ3) is 5.03. The predicted molar refractivity (Wildman–Crippen MR) is 89.0 cm³/mol. The van der Waals surface area contributed by atoms with Crippen LogP contribution in [0.5, 0.6) is 0 Å². The zero-order valence-electron chi connectivity index (χ0n) is 13.1. The highest BCUT2D eigenvalue weighted by atomic mass is 32.2. The second-order valence-corrected chi connectivity index (χ2v) is 5.56. The summed E-state index contributed by atoms with van der Waals surface area (Å²) in [5, 5.41) is 6.30. The van der Waals surface area contributed by atoms with Crippen LogP contribution in [0.25, 0.3) is 0 Å². The van der Waals surface area contributed by atoms with E-state index in [-0.39, 0.29) is 0 Å². The maximum atomic E-state index is 4.50. The van der Waals surface area contributed by atoms with Crippen LogP contribution in [0.4, 0.5) is 17.8 Å². The molecule has 0 aromatic carbocycles. The fourth-order valence-electron chi connectivity index (χ4n) is 1.81. The van der Waals surface area contributed by atoms with Gasteiger partial charge in [-0.25, -0.2) is 0 Å². The van der Waals surface area contributed by atoms with Crippen LogP contribution >= 0.6 is 11.8 Å². The molecule has 1 aromatic heterocycles. The average molecular weight is 298 g/mol. The molecule has 1 unspecified atom stereocenters. The number of nitrogens with one attached hydrogen (secondary N) is 2. The Labute approximate surface area is 126 Å². The van der Waals surface area contributed by atoms with Crippen LogP contribution in [0.3, 0.4) is 0 Å². The number of thioether (sulfide) groups is 1. The maximum absolute atomic E-state index is 4.50. The second kappa shape index (κ2) is 8.84. The molecule has 7 heteroatoms. The van der Waals surface area contributed by atoms with Crippen molar-refractivity contribution in [3.05, 3.63) is 0 Å². The van der Waals surface area contributed by atoms with Crippen molar-refractivity contribution in [1.82, 2.24) is 15.0 Å². The summed E-state index contributed by atoms with van der Waals surface area (Å²) in [6.45, 7) is 9.04. The van der Waals surface area contributed by atoms with E-state index in [2.05, 4.69) is 57.5 Å². The smallest absolute Gasteiger partial charge is 0.231 e. The Bertz CT molecular complexity index is 396. The molecule has 1 heterocycles. The first-order chi connectivity index (χ1) is 9.64. The molecule has 20 heavy (non-hydrogen) atoms. The van der Waals surface area contributed by atoms with Gasteiger partial charge in [0.15, 0.2) is 0 Å². The summed E-state index contributed by atoms with van der Waals surface area (Å²) in [6.07, 6.45) is 2.12. The first kappa shape index (κ1) is 16.8. The van der Waals surface area contributed by atoms with Gasteiger partial charge >= 0.3 is 0 Å². The molecule has 0 fully saturated rings. The Balaban J connectivity index is 2.82. The molecule has 2 N–H and O–H groups in total. The van der Waals surface area contributed by atoms with Crippen LogP contribution in [-0.4, -0.2) is 53.6 Å². The number of hydrogen-bond acceptors (Lipinski definition) is 7. The van der Waals surface area contributed by atoms with E-state index >= 15 is 0 Å². The lowest BCUT2D eigenvalue weighted by Gasteiger charge is -2.20. The quantitative estimate of drug-likeness (QED) is 0.724. The molecule has 0 aliphatic heterocycles. The van der Waals surface area contributed by atoms with Crippen molar-refractivity contribution in [2.24, 2.45) is 5.92 Å². The van der Waals surface area contributed by atoms with Gasteiger partial charge in [-0.05, 0) is 31.8 Å². The summed E-state index contributed by atoms with van der Waals surface area (Å²) in [7, 11) is 1.82. The van der Waals surface area contributed by atoms with Crippen LogP contribution < -0.4 is 15.5 Å². The lowest BCUT2D eigenvalue weighted by atomic mass is 10.2. The highest BCUT2D eigenvalue weighted by molar-refractivity contribution is 7.98. The largest absolute Gasteiger partial charge is 0.357 e. The number of nitrogens with zero attached hydrogens (tertiary/aromatic N) is 4. The Kier molecular flexibility index (Phi) is 7.43. The monoisotopic (exact) mass is 298 g/mol. The SMILES string of the molecule is CCN(CC)c1nc(NC)nc(NCC(C)CSC)n1. The van der Waals surface area contributed by atoms with Gasteiger partial charge in [-0.1, -0.05) is 6.92 Å². The molecule has 1 atom stereocenters. The summed E-state index contributed by atoms with van der Waals surface area (Å²) in [6, 6.07) is 0. The van der Waals surface area contributed by atoms with E-state index in [0.717, 1.165) is 31.3 Å². The van der Waals surface area contributed by atoms with E-state index in [1.807, 2.05) is 18.8 Å². The molecule has 114 valence electrons. The Morgan fingerprint density at radius 3 is 2.35 bits per heavy atom. The second-order valence-electron chi connectivity index (χ2n) is 4.65. The standard InChI is InChI=1S/C13H26N6S/c1-6-19(7-2)13-17-11(14-4)16-12(18-13)15-8-10(3)9-20-5/h10H,6-9H2,1-5H3,(H2,14,15,16,17,18). The molecule has 1 aromatic rings. The van der Waals surface area contributed by atoms with Gasteiger partial charge in [-0.3, -0.25) is 0 Å². The Morgan fingerprint density at radius 1 is 1.15 bits per heavy atom. The molecular formula is C13H26N6S. The Morgan fingerprint density at radius 2 is 1.80 bits per heavy atom. The normalized spacial score (nSPS) is 12.1. The highest BCUT2D eigenvalue weighted by Crippen LogP contribution is 2.14. The lowest BCUT2D eigenvalue weighted by Crippen LogP contribution is -2.25. The van der Waals surface area contributed by atoms with E-state index in [1.165, 1.54) is 0 Å². The number of rotatable bonds is 9. The first-order valence-corrected chi connectivity index (χ1v) is 8.45. The summed E-state index contributed by atoms with van der Waals surface area (Å²) >= 11 is 1.85. The van der Waals surface area contributed by atoms with Crippen molar-refractivity contribution in [3.8, 4) is 0 Å². The highest BCUT2D eigenvalue weighted by Gasteiger charge is 2.11. The van der Waals surface area contributed by atoms with Crippen molar-refractivity contribution >= 4 is 29.6 Å². The van der Waals surface area contributed by atoms with Gasteiger partial charge < -0.3 is 15.5 Å². The van der Waals surface area contributed by atoms with Crippen LogP contribution in [0.2, 0.25) is 0 Å². The topological polar surface area (TPSA) is 66.0 Å². The molecule has 0 bridgehead atoms. The van der Waals surface area contributed by atoms with E-state index in [1.54, 1.807) is 0 Å². The van der Waals surface area contributed by atoms with Gasteiger partial charge in [-0.15, -0.1) is 0 Å². The van der Waals surface area contributed by atoms with Crippen molar-refractivity contribution in [2.75, 3.05) is 54.2 Å². The number of hydrogen-bond donors (Lipinski definition) is 2. The van der Waals surface area contributed by atoms with Crippen molar-refractivity contribution in [2.45, 2.75) is 20.8 Å². The van der Waals surface area contributed by atoms with Crippen molar-refractivity contribution in [1.29, 1.82) is 0 Å². The zero-order valence-corrected chi connectivity index (χ0v) is 13.9. The summed E-state index contributed by atoms with van der Waals surface area (Å²) in [5.41, 5.74) is 0. The van der Waals surface area contributed by atoms with Crippen molar-refractivity contribution < 1.29 is 0 Å². The van der Waals surface area contributed by atoms with Gasteiger partial charge in [0.25, 0.3) is 0 Å². The van der Waals surface area contributed by atoms with E-state index < -0.39 is 0 Å². The van der Waals surface area contributed by atoms with Gasteiger partial charge in [0.1, 0.15) is 0 Å². The molecule has 0 saturated heterocycles. The van der Waals surface area contributed by atoms with Gasteiger partial charge in [0, 0.05) is 26.7 Å². The first-order valence-electron chi connectivity index (χ1n) is 7.06. The van der Waals surface area contributed by atoms with Crippen LogP contribution in [0, 0.1) is 5.92 Å². The summed E-state index contributed by atoms with van der Waals surface area (Å²) in [5.74, 6) is 3.66. The molecule has 0 aliphatic rings. The zero-order chi connectivity index (χ0) is 15.0. The van der Waals surface area contributed by atoms with Crippen molar-refractivity contribution in [3.63, 3.8) is 0 Å². The summed E-state index contributed by atoms with van der Waals surface area (Å²) in [4.78, 5) is 15.4. The van der Waals surface area contributed by atoms with Gasteiger partial charge in [0.05, 0.1) is 0 Å². The maximum Gasteiger partial charge on any atom is 0.231 e. The fraction of sp³-hybridized carbons (Fsp3) is 0.769. The van der Waals surface area contributed by atoms with Crippen LogP contribution in [-0.2, 0) is 0 Å². The fourth-order valence-corrected chi connectivity index (χ4v) is 2.50. The van der Waals surface area contributed by atoms with Crippen LogP contribution in [0.1, 0.15) is 20.8 Å². The molecule has 0 saturated carbocycles. The molecule has 0 amide bonds. The molecule has 0 radical (unpaired) electrons. The molecule has 0 aliphatic carbocycles.